The average Bonchev–Trinajstić information content (AvgIpc) is 3.10. The van der Waals surface area contributed by atoms with E-state index in [2.05, 4.69) is 25.9 Å². The maximum atomic E-state index is 12.2. The van der Waals surface area contributed by atoms with Gasteiger partial charge in [0, 0.05) is 25.1 Å². The number of carbonyl (C=O) groups is 1. The Labute approximate surface area is 162 Å². The first-order chi connectivity index (χ1) is 13.7. The number of anilines is 1. The van der Waals surface area contributed by atoms with Gasteiger partial charge in [-0.2, -0.15) is 4.52 Å². The fourth-order valence-electron chi connectivity index (χ4n) is 2.68. The van der Waals surface area contributed by atoms with E-state index in [-0.39, 0.29) is 12.5 Å². The molecule has 2 heterocycles. The van der Waals surface area contributed by atoms with E-state index in [4.69, 9.17) is 9.84 Å². The zero-order valence-electron chi connectivity index (χ0n) is 15.8. The van der Waals surface area contributed by atoms with Gasteiger partial charge in [-0.05, 0) is 31.2 Å². The third-order valence-corrected chi connectivity index (χ3v) is 4.03. The van der Waals surface area contributed by atoms with Crippen molar-refractivity contribution in [1.82, 2.24) is 25.1 Å². The summed E-state index contributed by atoms with van der Waals surface area (Å²) < 4.78 is 6.87. The standard InChI is InChI=1S/C19H24N6O3/c1-14-3-2-4-15(13-14)19(27)21-8-7-18-23-22-17-6-5-16(24-25(17)18)20-9-11-28-12-10-26/h2-6,13,26H,7-12H2,1H3,(H,20,24)(H,21,27). The van der Waals surface area contributed by atoms with E-state index in [1.165, 1.54) is 0 Å². The number of hydrogen-bond acceptors (Lipinski definition) is 7. The van der Waals surface area contributed by atoms with Gasteiger partial charge in [-0.25, -0.2) is 0 Å². The van der Waals surface area contributed by atoms with Crippen LogP contribution in [-0.4, -0.2) is 63.7 Å². The third kappa shape index (κ3) is 5.24. The molecular weight excluding hydrogens is 360 g/mol. The number of rotatable bonds is 10. The van der Waals surface area contributed by atoms with Crippen molar-refractivity contribution < 1.29 is 14.6 Å². The van der Waals surface area contributed by atoms with E-state index < -0.39 is 0 Å². The van der Waals surface area contributed by atoms with Crippen molar-refractivity contribution in [3.63, 3.8) is 0 Å². The molecule has 0 saturated carbocycles. The van der Waals surface area contributed by atoms with E-state index in [1.807, 2.05) is 37.3 Å². The van der Waals surface area contributed by atoms with Crippen LogP contribution in [0.1, 0.15) is 21.7 Å². The van der Waals surface area contributed by atoms with Gasteiger partial charge >= 0.3 is 0 Å². The first-order valence-corrected chi connectivity index (χ1v) is 9.16. The second-order valence-corrected chi connectivity index (χ2v) is 6.24. The molecule has 0 saturated heterocycles. The molecule has 0 spiro atoms. The Hall–Kier alpha value is -3.04. The number of aliphatic hydroxyl groups excluding tert-OH is 1. The van der Waals surface area contributed by atoms with Crippen molar-refractivity contribution in [3.05, 3.63) is 53.3 Å². The summed E-state index contributed by atoms with van der Waals surface area (Å²) in [5.41, 5.74) is 2.32. The minimum Gasteiger partial charge on any atom is -0.394 e. The fourth-order valence-corrected chi connectivity index (χ4v) is 2.68. The van der Waals surface area contributed by atoms with Gasteiger partial charge in [-0.3, -0.25) is 4.79 Å². The molecule has 1 amide bonds. The lowest BCUT2D eigenvalue weighted by molar-refractivity contribution is 0.0954. The predicted octanol–water partition coefficient (Wildman–Crippen LogP) is 0.826. The quantitative estimate of drug-likeness (QED) is 0.444. The molecule has 0 aliphatic heterocycles. The Morgan fingerprint density at radius 3 is 2.89 bits per heavy atom. The number of aromatic nitrogens is 4. The normalized spacial score (nSPS) is 10.9. The number of nitrogens with one attached hydrogen (secondary N) is 2. The molecule has 0 unspecified atom stereocenters. The van der Waals surface area contributed by atoms with Gasteiger partial charge in [0.1, 0.15) is 5.82 Å². The van der Waals surface area contributed by atoms with Crippen LogP contribution in [0.15, 0.2) is 36.4 Å². The first-order valence-electron chi connectivity index (χ1n) is 9.16. The highest BCUT2D eigenvalue weighted by Crippen LogP contribution is 2.08. The Bertz CT molecular complexity index is 927. The molecule has 0 fully saturated rings. The number of amides is 1. The van der Waals surface area contributed by atoms with E-state index in [0.29, 0.717) is 55.6 Å². The molecule has 9 heteroatoms. The number of nitrogens with zero attached hydrogens (tertiary/aromatic N) is 4. The molecule has 2 aromatic heterocycles. The van der Waals surface area contributed by atoms with Crippen molar-refractivity contribution in [2.75, 3.05) is 38.2 Å². The van der Waals surface area contributed by atoms with Crippen molar-refractivity contribution in [3.8, 4) is 0 Å². The molecule has 0 aliphatic rings. The summed E-state index contributed by atoms with van der Waals surface area (Å²) >= 11 is 0. The van der Waals surface area contributed by atoms with Crippen LogP contribution < -0.4 is 10.6 Å². The van der Waals surface area contributed by atoms with Crippen LogP contribution >= 0.6 is 0 Å². The number of benzene rings is 1. The van der Waals surface area contributed by atoms with Gasteiger partial charge in [0.2, 0.25) is 0 Å². The van der Waals surface area contributed by atoms with E-state index >= 15 is 0 Å². The number of aliphatic hydroxyl groups is 1. The van der Waals surface area contributed by atoms with Gasteiger partial charge in [0.25, 0.3) is 5.91 Å². The monoisotopic (exact) mass is 384 g/mol. The van der Waals surface area contributed by atoms with Crippen LogP contribution in [0.4, 0.5) is 5.82 Å². The molecule has 0 aliphatic carbocycles. The summed E-state index contributed by atoms with van der Waals surface area (Å²) in [6.07, 6.45) is 0.509. The highest BCUT2D eigenvalue weighted by atomic mass is 16.5. The number of aryl methyl sites for hydroxylation is 1. The maximum Gasteiger partial charge on any atom is 0.251 e. The third-order valence-electron chi connectivity index (χ3n) is 4.03. The number of ether oxygens (including phenoxy) is 1. The van der Waals surface area contributed by atoms with Crippen molar-refractivity contribution >= 4 is 17.4 Å². The second-order valence-electron chi connectivity index (χ2n) is 6.24. The molecule has 3 aromatic rings. The minimum absolute atomic E-state index is 0.00862. The molecule has 28 heavy (non-hydrogen) atoms. The zero-order chi connectivity index (χ0) is 19.8. The SMILES string of the molecule is Cc1cccc(C(=O)NCCc2nnc3ccc(NCCOCCO)nn23)c1. The largest absolute Gasteiger partial charge is 0.394 e. The van der Waals surface area contributed by atoms with Crippen LogP contribution in [0, 0.1) is 6.92 Å². The zero-order valence-corrected chi connectivity index (χ0v) is 15.8. The van der Waals surface area contributed by atoms with Gasteiger partial charge in [0.05, 0.1) is 19.8 Å². The molecule has 3 N–H and O–H groups in total. The Kier molecular flexibility index (Phi) is 6.88. The second kappa shape index (κ2) is 9.77. The summed E-state index contributed by atoms with van der Waals surface area (Å²) in [5.74, 6) is 1.22. The van der Waals surface area contributed by atoms with Crippen LogP contribution in [0.25, 0.3) is 5.65 Å². The first kappa shape index (κ1) is 19.7. The molecule has 9 nitrogen and oxygen atoms in total. The predicted molar refractivity (Wildman–Crippen MR) is 104 cm³/mol. The highest BCUT2D eigenvalue weighted by molar-refractivity contribution is 5.94. The molecule has 3 rings (SSSR count). The number of hydrogen-bond donors (Lipinski definition) is 3. The Morgan fingerprint density at radius 1 is 1.18 bits per heavy atom. The average molecular weight is 384 g/mol. The van der Waals surface area contributed by atoms with E-state index in [9.17, 15) is 4.79 Å². The lowest BCUT2D eigenvalue weighted by Crippen LogP contribution is -2.26. The molecule has 0 atom stereocenters. The van der Waals surface area contributed by atoms with Crippen LogP contribution in [0.2, 0.25) is 0 Å². The van der Waals surface area contributed by atoms with Crippen LogP contribution in [-0.2, 0) is 11.2 Å². The van der Waals surface area contributed by atoms with Gasteiger partial charge < -0.3 is 20.5 Å². The summed E-state index contributed by atoms with van der Waals surface area (Å²) in [6.45, 7) is 3.76. The summed E-state index contributed by atoms with van der Waals surface area (Å²) in [4.78, 5) is 12.2. The summed E-state index contributed by atoms with van der Waals surface area (Å²) in [6, 6.07) is 11.1. The fraction of sp³-hybridized carbons (Fsp3) is 0.368. The smallest absolute Gasteiger partial charge is 0.251 e. The van der Waals surface area contributed by atoms with Gasteiger partial charge in [0.15, 0.2) is 11.5 Å². The Balaban J connectivity index is 1.55. The van der Waals surface area contributed by atoms with Crippen molar-refractivity contribution in [2.45, 2.75) is 13.3 Å². The van der Waals surface area contributed by atoms with E-state index in [0.717, 1.165) is 5.56 Å². The molecule has 1 aromatic carbocycles. The molecular formula is C19H24N6O3. The topological polar surface area (TPSA) is 114 Å². The maximum absolute atomic E-state index is 12.2. The van der Waals surface area contributed by atoms with Crippen molar-refractivity contribution in [1.29, 1.82) is 0 Å². The van der Waals surface area contributed by atoms with E-state index in [1.54, 1.807) is 10.6 Å². The van der Waals surface area contributed by atoms with Gasteiger partial charge in [-0.1, -0.05) is 17.7 Å². The number of fused-ring (bicyclic) bond motifs is 1. The molecule has 0 bridgehead atoms. The van der Waals surface area contributed by atoms with Crippen LogP contribution in [0.3, 0.4) is 0 Å². The number of carbonyl (C=O) groups excluding carboxylic acids is 1. The summed E-state index contributed by atoms with van der Waals surface area (Å²) in [5, 5.41) is 27.5. The lowest BCUT2D eigenvalue weighted by Gasteiger charge is -2.07. The molecule has 0 radical (unpaired) electrons. The Morgan fingerprint density at radius 2 is 2.07 bits per heavy atom. The highest BCUT2D eigenvalue weighted by Gasteiger charge is 2.09. The minimum atomic E-state index is -0.115. The van der Waals surface area contributed by atoms with Gasteiger partial charge in [-0.15, -0.1) is 15.3 Å². The summed E-state index contributed by atoms with van der Waals surface area (Å²) in [7, 11) is 0. The van der Waals surface area contributed by atoms with Crippen LogP contribution in [0.5, 0.6) is 0 Å². The lowest BCUT2D eigenvalue weighted by atomic mass is 10.1. The molecule has 148 valence electrons. The van der Waals surface area contributed by atoms with Crippen molar-refractivity contribution in [2.24, 2.45) is 0 Å².